The highest BCUT2D eigenvalue weighted by Gasteiger charge is 2.21. The normalized spacial score (nSPS) is 12.1. The van der Waals surface area contributed by atoms with Crippen molar-refractivity contribution in [2.24, 2.45) is 0 Å². The van der Waals surface area contributed by atoms with E-state index in [9.17, 15) is 0 Å². The molecule has 8 aromatic carbocycles. The Kier molecular flexibility index (Phi) is 5.38. The summed E-state index contributed by atoms with van der Waals surface area (Å²) in [4.78, 5) is 0. The maximum absolute atomic E-state index is 6.62. The average Bonchev–Trinajstić information content (AvgIpc) is 3.87. The van der Waals surface area contributed by atoms with Crippen LogP contribution in [0.4, 0.5) is 0 Å². The van der Waals surface area contributed by atoms with Crippen molar-refractivity contribution in [2.75, 3.05) is 0 Å². The van der Waals surface area contributed by atoms with E-state index in [1.54, 1.807) is 0 Å². The molecule has 0 saturated carbocycles. The maximum Gasteiger partial charge on any atom is 0.147 e. The fourth-order valence-electron chi connectivity index (χ4n) is 7.97. The molecule has 0 saturated heterocycles. The molecule has 228 valence electrons. The van der Waals surface area contributed by atoms with Crippen LogP contribution in [0.1, 0.15) is 0 Å². The van der Waals surface area contributed by atoms with Gasteiger partial charge in [-0.1, -0.05) is 109 Å². The quantitative estimate of drug-likeness (QED) is 0.183. The second-order valence-corrected chi connectivity index (χ2v) is 12.8. The van der Waals surface area contributed by atoms with Gasteiger partial charge in [-0.05, 0) is 91.8 Å². The van der Waals surface area contributed by atoms with Crippen LogP contribution in [0, 0.1) is 0 Å². The van der Waals surface area contributed by atoms with Gasteiger partial charge in [0.25, 0.3) is 0 Å². The molecule has 0 radical (unpaired) electrons. The number of hydrogen-bond acceptors (Lipinski definition) is 3. The van der Waals surface area contributed by atoms with Gasteiger partial charge >= 0.3 is 0 Å². The summed E-state index contributed by atoms with van der Waals surface area (Å²) in [6.07, 6.45) is 1.84. The monoisotopic (exact) mass is 626 g/mol. The van der Waals surface area contributed by atoms with Gasteiger partial charge in [0.1, 0.15) is 27.9 Å². The number of benzene rings is 8. The van der Waals surface area contributed by atoms with Gasteiger partial charge in [0.15, 0.2) is 0 Å². The molecular weight excluding hydrogens is 601 g/mol. The van der Waals surface area contributed by atoms with E-state index in [0.29, 0.717) is 0 Å². The van der Waals surface area contributed by atoms with Gasteiger partial charge in [0, 0.05) is 27.1 Å². The highest BCUT2D eigenvalue weighted by molar-refractivity contribution is 6.23. The van der Waals surface area contributed by atoms with E-state index in [4.69, 9.17) is 13.3 Å². The highest BCUT2D eigenvalue weighted by atomic mass is 16.3. The van der Waals surface area contributed by atoms with E-state index < -0.39 is 0 Å². The Hall–Kier alpha value is -6.58. The number of fused-ring (bicyclic) bond motifs is 10. The molecule has 0 aliphatic rings. The molecule has 3 heteroatoms. The largest absolute Gasteiger partial charge is 0.464 e. The van der Waals surface area contributed by atoms with Crippen LogP contribution in [-0.2, 0) is 0 Å². The van der Waals surface area contributed by atoms with E-state index in [-0.39, 0.29) is 0 Å². The summed E-state index contributed by atoms with van der Waals surface area (Å²) < 4.78 is 19.0. The first-order valence-corrected chi connectivity index (χ1v) is 16.6. The molecule has 49 heavy (non-hydrogen) atoms. The number of hydrogen-bond donors (Lipinski definition) is 0. The third-order valence-electron chi connectivity index (χ3n) is 10.1. The first-order chi connectivity index (χ1) is 24.3. The van der Waals surface area contributed by atoms with Crippen molar-refractivity contribution in [1.29, 1.82) is 0 Å². The lowest BCUT2D eigenvalue weighted by molar-refractivity contribution is 0.616. The summed E-state index contributed by atoms with van der Waals surface area (Å²) >= 11 is 0. The summed E-state index contributed by atoms with van der Waals surface area (Å²) in [6.45, 7) is 0. The van der Waals surface area contributed by atoms with Gasteiger partial charge in [-0.3, -0.25) is 0 Å². The molecule has 0 bridgehead atoms. The molecule has 0 unspecified atom stereocenters. The smallest absolute Gasteiger partial charge is 0.147 e. The first kappa shape index (κ1) is 26.5. The van der Waals surface area contributed by atoms with Crippen molar-refractivity contribution in [2.45, 2.75) is 0 Å². The van der Waals surface area contributed by atoms with Crippen LogP contribution >= 0.6 is 0 Å². The number of rotatable bonds is 3. The van der Waals surface area contributed by atoms with E-state index >= 15 is 0 Å². The van der Waals surface area contributed by atoms with Crippen LogP contribution in [0.3, 0.4) is 0 Å². The molecule has 0 amide bonds. The Morgan fingerprint density at radius 3 is 1.61 bits per heavy atom. The van der Waals surface area contributed by atoms with Crippen LogP contribution in [0.5, 0.6) is 0 Å². The highest BCUT2D eigenvalue weighted by Crippen LogP contribution is 2.46. The Labute approximate surface area is 280 Å². The minimum absolute atomic E-state index is 0.819. The average molecular weight is 627 g/mol. The van der Waals surface area contributed by atoms with Crippen LogP contribution in [-0.4, -0.2) is 0 Å². The van der Waals surface area contributed by atoms with Gasteiger partial charge in [0.2, 0.25) is 0 Å². The minimum Gasteiger partial charge on any atom is -0.464 e. The molecule has 0 aliphatic carbocycles. The van der Waals surface area contributed by atoms with Crippen LogP contribution in [0.25, 0.3) is 110 Å². The predicted octanol–water partition coefficient (Wildman–Crippen LogP) is 13.5. The fourth-order valence-corrected chi connectivity index (χ4v) is 7.97. The molecule has 3 nitrogen and oxygen atoms in total. The Morgan fingerprint density at radius 2 is 0.878 bits per heavy atom. The Morgan fingerprint density at radius 1 is 0.327 bits per heavy atom. The van der Waals surface area contributed by atoms with Gasteiger partial charge in [-0.2, -0.15) is 0 Å². The zero-order valence-corrected chi connectivity index (χ0v) is 26.2. The number of furan rings is 3. The molecule has 11 rings (SSSR count). The molecule has 0 atom stereocenters. The van der Waals surface area contributed by atoms with Crippen LogP contribution in [0.15, 0.2) is 171 Å². The topological polar surface area (TPSA) is 39.4 Å². The molecule has 3 aromatic heterocycles. The Balaban J connectivity index is 1.16. The lowest BCUT2D eigenvalue weighted by Gasteiger charge is -2.17. The van der Waals surface area contributed by atoms with Gasteiger partial charge in [-0.25, -0.2) is 0 Å². The van der Waals surface area contributed by atoms with E-state index in [1.165, 1.54) is 32.7 Å². The summed E-state index contributed by atoms with van der Waals surface area (Å²) in [5.74, 6) is 0. The van der Waals surface area contributed by atoms with Crippen molar-refractivity contribution in [3.63, 3.8) is 0 Å². The lowest BCUT2D eigenvalue weighted by atomic mass is 9.85. The van der Waals surface area contributed by atoms with Crippen molar-refractivity contribution < 1.29 is 13.3 Å². The predicted molar refractivity (Wildman–Crippen MR) is 202 cm³/mol. The SMILES string of the molecule is c1ccc(-c2coc3ccc4c5cc(-c6c7ccccc7c(-c7ccc8c(c7)oc7ccccc78)c7ccccc67)ccc5oc4c23)cc1. The van der Waals surface area contributed by atoms with E-state index in [1.807, 2.05) is 24.5 Å². The second-order valence-electron chi connectivity index (χ2n) is 12.8. The molecule has 0 aliphatic heterocycles. The molecular formula is C46H26O3. The molecule has 0 fully saturated rings. The fraction of sp³-hybridized carbons (Fsp3) is 0. The standard InChI is InChI=1S/C46H26O3/c1-2-10-27(11-3-1)38-26-47-41-23-21-36-37-24-28(19-22-40(37)49-46(36)45(38)41)43-32-13-4-6-15-34(32)44(35-16-7-5-14-33(35)43)29-18-20-31-30-12-8-9-17-39(30)48-42(31)25-29/h1-26H. The maximum atomic E-state index is 6.62. The second kappa shape index (κ2) is 9.96. The molecule has 11 aromatic rings. The molecule has 3 heterocycles. The van der Waals surface area contributed by atoms with Gasteiger partial charge in [0.05, 0.1) is 11.6 Å². The Bertz CT molecular complexity index is 3040. The van der Waals surface area contributed by atoms with Crippen LogP contribution in [0.2, 0.25) is 0 Å². The lowest BCUT2D eigenvalue weighted by Crippen LogP contribution is -1.90. The van der Waals surface area contributed by atoms with Crippen molar-refractivity contribution in [3.8, 4) is 33.4 Å². The third-order valence-corrected chi connectivity index (χ3v) is 10.1. The summed E-state index contributed by atoms with van der Waals surface area (Å²) in [7, 11) is 0. The van der Waals surface area contributed by atoms with E-state index in [2.05, 4.69) is 133 Å². The van der Waals surface area contributed by atoms with E-state index in [0.717, 1.165) is 77.1 Å². The van der Waals surface area contributed by atoms with Crippen molar-refractivity contribution >= 4 is 76.4 Å². The zero-order valence-electron chi connectivity index (χ0n) is 26.2. The zero-order chi connectivity index (χ0) is 32.1. The third kappa shape index (κ3) is 3.78. The molecule has 0 N–H and O–H groups in total. The number of para-hydroxylation sites is 1. The summed E-state index contributed by atoms with van der Waals surface area (Å²) in [5.41, 5.74) is 11.2. The molecule has 0 spiro atoms. The van der Waals surface area contributed by atoms with Gasteiger partial charge < -0.3 is 13.3 Å². The van der Waals surface area contributed by atoms with Gasteiger partial charge in [-0.15, -0.1) is 0 Å². The summed E-state index contributed by atoms with van der Waals surface area (Å²) in [6, 6.07) is 53.6. The summed E-state index contributed by atoms with van der Waals surface area (Å²) in [5, 5.41) is 10.3. The van der Waals surface area contributed by atoms with Crippen molar-refractivity contribution in [3.05, 3.63) is 158 Å². The minimum atomic E-state index is 0.819. The van der Waals surface area contributed by atoms with Crippen molar-refractivity contribution in [1.82, 2.24) is 0 Å². The van der Waals surface area contributed by atoms with Crippen LogP contribution < -0.4 is 0 Å². The first-order valence-electron chi connectivity index (χ1n) is 16.6.